The smallest absolute Gasteiger partial charge is 0.318 e. The third kappa shape index (κ3) is 2.23. The number of hydrogen-bond acceptors (Lipinski definition) is 5. The van der Waals surface area contributed by atoms with Gasteiger partial charge in [0.2, 0.25) is 0 Å². The highest BCUT2D eigenvalue weighted by molar-refractivity contribution is 5.90. The third-order valence-corrected chi connectivity index (χ3v) is 2.85. The zero-order valence-electron chi connectivity index (χ0n) is 10.4. The quantitative estimate of drug-likeness (QED) is 0.863. The SMILES string of the molecule is Cc1ccc2c(c1)NNN2OC(=O)c1ccccc1. The number of hydrazine groups is 2. The molecule has 0 radical (unpaired) electrons. The van der Waals surface area contributed by atoms with Crippen LogP contribution in [0.15, 0.2) is 48.5 Å². The number of benzene rings is 2. The maximum Gasteiger partial charge on any atom is 0.365 e. The van der Waals surface area contributed by atoms with E-state index in [0.29, 0.717) is 5.56 Å². The number of anilines is 2. The predicted octanol–water partition coefficient (Wildman–Crippen LogP) is 2.42. The molecule has 0 aliphatic carbocycles. The van der Waals surface area contributed by atoms with Crippen LogP contribution in [0.5, 0.6) is 0 Å². The topological polar surface area (TPSA) is 53.6 Å². The van der Waals surface area contributed by atoms with Gasteiger partial charge in [0.15, 0.2) is 0 Å². The minimum absolute atomic E-state index is 0.414. The lowest BCUT2D eigenvalue weighted by molar-refractivity contribution is 0.0414. The van der Waals surface area contributed by atoms with Gasteiger partial charge in [0.05, 0.1) is 11.3 Å². The highest BCUT2D eigenvalue weighted by atomic mass is 16.7. The Morgan fingerprint density at radius 1 is 1.16 bits per heavy atom. The van der Waals surface area contributed by atoms with Gasteiger partial charge < -0.3 is 4.84 Å². The Balaban J connectivity index is 1.78. The Morgan fingerprint density at radius 3 is 2.74 bits per heavy atom. The van der Waals surface area contributed by atoms with Crippen molar-refractivity contribution in [2.75, 3.05) is 10.6 Å². The summed E-state index contributed by atoms with van der Waals surface area (Å²) < 4.78 is 0. The van der Waals surface area contributed by atoms with Crippen LogP contribution in [0.2, 0.25) is 0 Å². The van der Waals surface area contributed by atoms with Crippen LogP contribution in [0.25, 0.3) is 0 Å². The van der Waals surface area contributed by atoms with Crippen LogP contribution in [-0.2, 0) is 4.84 Å². The van der Waals surface area contributed by atoms with E-state index in [4.69, 9.17) is 4.84 Å². The Bertz CT molecular complexity index is 613. The van der Waals surface area contributed by atoms with E-state index in [1.54, 1.807) is 24.3 Å². The number of carbonyl (C=O) groups excluding carboxylic acids is 1. The Kier molecular flexibility index (Phi) is 2.81. The molecule has 0 fully saturated rings. The Morgan fingerprint density at radius 2 is 1.95 bits per heavy atom. The van der Waals surface area contributed by atoms with Gasteiger partial charge in [-0.3, -0.25) is 5.43 Å². The van der Waals surface area contributed by atoms with E-state index in [9.17, 15) is 4.79 Å². The molecule has 0 amide bonds. The number of hydrogen-bond donors (Lipinski definition) is 2. The van der Waals surface area contributed by atoms with Gasteiger partial charge in [0.25, 0.3) is 0 Å². The average Bonchev–Trinajstić information content (AvgIpc) is 2.82. The molecule has 1 heterocycles. The summed E-state index contributed by atoms with van der Waals surface area (Å²) in [5.74, 6) is -0.414. The minimum Gasteiger partial charge on any atom is -0.318 e. The zero-order valence-corrected chi connectivity index (χ0v) is 10.4. The first-order chi connectivity index (χ1) is 9.24. The van der Waals surface area contributed by atoms with E-state index in [0.717, 1.165) is 16.9 Å². The summed E-state index contributed by atoms with van der Waals surface area (Å²) in [4.78, 5) is 17.2. The second-order valence-corrected chi connectivity index (χ2v) is 4.30. The third-order valence-electron chi connectivity index (χ3n) is 2.85. The molecule has 5 heteroatoms. The second kappa shape index (κ2) is 4.62. The lowest BCUT2D eigenvalue weighted by Gasteiger charge is -2.16. The maximum atomic E-state index is 11.9. The van der Waals surface area contributed by atoms with E-state index in [1.807, 2.05) is 31.2 Å². The maximum absolute atomic E-state index is 11.9. The van der Waals surface area contributed by atoms with Gasteiger partial charge in [-0.2, -0.15) is 0 Å². The molecule has 96 valence electrons. The zero-order chi connectivity index (χ0) is 13.2. The summed E-state index contributed by atoms with van der Waals surface area (Å²) in [7, 11) is 0. The molecule has 0 saturated heterocycles. The fraction of sp³-hybridized carbons (Fsp3) is 0.0714. The number of rotatable bonds is 2. The molecule has 0 bridgehead atoms. The summed E-state index contributed by atoms with van der Waals surface area (Å²) in [6, 6.07) is 14.7. The van der Waals surface area contributed by atoms with Crippen molar-refractivity contribution in [3.63, 3.8) is 0 Å². The molecule has 3 rings (SSSR count). The number of aryl methyl sites for hydroxylation is 1. The largest absolute Gasteiger partial charge is 0.365 e. The van der Waals surface area contributed by atoms with E-state index < -0.39 is 5.97 Å². The lowest BCUT2D eigenvalue weighted by atomic mass is 10.2. The summed E-state index contributed by atoms with van der Waals surface area (Å²) in [6.45, 7) is 2.00. The molecule has 0 unspecified atom stereocenters. The molecule has 2 aromatic rings. The van der Waals surface area contributed by atoms with Crippen LogP contribution in [-0.4, -0.2) is 5.97 Å². The number of nitrogens with zero attached hydrogens (tertiary/aromatic N) is 1. The molecule has 5 nitrogen and oxygen atoms in total. The van der Waals surface area contributed by atoms with Crippen LogP contribution in [0, 0.1) is 6.92 Å². The molecule has 0 saturated carbocycles. The lowest BCUT2D eigenvalue weighted by Crippen LogP contribution is -2.37. The normalized spacial score (nSPS) is 12.8. The van der Waals surface area contributed by atoms with Crippen LogP contribution < -0.4 is 16.1 Å². The van der Waals surface area contributed by atoms with Crippen molar-refractivity contribution in [3.05, 3.63) is 59.7 Å². The molecule has 0 aromatic heterocycles. The fourth-order valence-corrected chi connectivity index (χ4v) is 1.88. The van der Waals surface area contributed by atoms with Gasteiger partial charge in [-0.1, -0.05) is 24.3 Å². The van der Waals surface area contributed by atoms with Gasteiger partial charge in [0, 0.05) is 0 Å². The summed E-state index contributed by atoms with van der Waals surface area (Å²) >= 11 is 0. The van der Waals surface area contributed by atoms with E-state index in [2.05, 4.69) is 11.0 Å². The van der Waals surface area contributed by atoms with E-state index in [-0.39, 0.29) is 0 Å². The first-order valence-corrected chi connectivity index (χ1v) is 5.94. The number of carbonyl (C=O) groups is 1. The summed E-state index contributed by atoms with van der Waals surface area (Å²) in [5, 5.41) is 1.32. The number of fused-ring (bicyclic) bond motifs is 1. The van der Waals surface area contributed by atoms with Crippen molar-refractivity contribution >= 4 is 17.3 Å². The minimum atomic E-state index is -0.414. The van der Waals surface area contributed by atoms with Crippen molar-refractivity contribution in [2.45, 2.75) is 6.92 Å². The molecule has 0 atom stereocenters. The Labute approximate surface area is 110 Å². The van der Waals surface area contributed by atoms with E-state index in [1.165, 1.54) is 5.17 Å². The first-order valence-electron chi connectivity index (χ1n) is 5.94. The van der Waals surface area contributed by atoms with Crippen molar-refractivity contribution in [3.8, 4) is 0 Å². The fourth-order valence-electron chi connectivity index (χ4n) is 1.88. The van der Waals surface area contributed by atoms with E-state index >= 15 is 0 Å². The van der Waals surface area contributed by atoms with Crippen LogP contribution in [0.1, 0.15) is 15.9 Å². The average molecular weight is 255 g/mol. The predicted molar refractivity (Wildman–Crippen MR) is 72.3 cm³/mol. The molecule has 1 aliphatic heterocycles. The van der Waals surface area contributed by atoms with Crippen molar-refractivity contribution in [2.24, 2.45) is 0 Å². The van der Waals surface area contributed by atoms with Crippen LogP contribution in [0.4, 0.5) is 11.4 Å². The first kappa shape index (κ1) is 11.6. The van der Waals surface area contributed by atoms with Crippen molar-refractivity contribution < 1.29 is 9.63 Å². The Hall–Kier alpha value is -2.53. The van der Waals surface area contributed by atoms with Crippen LogP contribution >= 0.6 is 0 Å². The molecule has 1 aliphatic rings. The molecule has 19 heavy (non-hydrogen) atoms. The second-order valence-electron chi connectivity index (χ2n) is 4.30. The van der Waals surface area contributed by atoms with Gasteiger partial charge in [-0.15, -0.1) is 10.7 Å². The van der Waals surface area contributed by atoms with Gasteiger partial charge in [-0.25, -0.2) is 4.79 Å². The molecular formula is C14H13N3O2. The van der Waals surface area contributed by atoms with Crippen molar-refractivity contribution in [1.82, 2.24) is 5.53 Å². The molecule has 0 spiro atoms. The molecular weight excluding hydrogens is 242 g/mol. The summed E-state index contributed by atoms with van der Waals surface area (Å²) in [6.07, 6.45) is 0. The molecule has 2 N–H and O–H groups in total. The highest BCUT2D eigenvalue weighted by Crippen LogP contribution is 2.30. The van der Waals surface area contributed by atoms with Gasteiger partial charge in [-0.05, 0) is 36.8 Å². The summed E-state index contributed by atoms with van der Waals surface area (Å²) in [5.41, 5.74) is 9.02. The monoisotopic (exact) mass is 255 g/mol. The van der Waals surface area contributed by atoms with Crippen LogP contribution in [0.3, 0.4) is 0 Å². The van der Waals surface area contributed by atoms with Gasteiger partial charge >= 0.3 is 5.97 Å². The highest BCUT2D eigenvalue weighted by Gasteiger charge is 2.22. The standard InChI is InChI=1S/C14H13N3O2/c1-10-7-8-13-12(9-10)15-16-17(13)19-14(18)11-5-3-2-4-6-11/h2-9,15-16H,1H3. The number of nitrogens with one attached hydrogen (secondary N) is 2. The molecule has 2 aromatic carbocycles. The van der Waals surface area contributed by atoms with Crippen molar-refractivity contribution in [1.29, 1.82) is 0 Å². The van der Waals surface area contributed by atoms with Gasteiger partial charge in [0.1, 0.15) is 5.69 Å².